The van der Waals surface area contributed by atoms with Crippen LogP contribution in [0.5, 0.6) is 0 Å². The molecule has 0 radical (unpaired) electrons. The quantitative estimate of drug-likeness (QED) is 0.857. The third-order valence-electron chi connectivity index (χ3n) is 4.04. The summed E-state index contributed by atoms with van der Waals surface area (Å²) < 4.78 is 0. The van der Waals surface area contributed by atoms with Crippen LogP contribution in [0.1, 0.15) is 29.5 Å². The number of nitrogens with zero attached hydrogens (tertiary/aromatic N) is 3. The number of rotatable bonds is 6. The van der Waals surface area contributed by atoms with Crippen LogP contribution in [0.3, 0.4) is 0 Å². The van der Waals surface area contributed by atoms with Crippen molar-refractivity contribution in [1.82, 2.24) is 9.97 Å². The fourth-order valence-corrected chi connectivity index (χ4v) is 3.71. The number of hydrogen-bond donors (Lipinski definition) is 2. The monoisotopic (exact) mass is 318 g/mol. The van der Waals surface area contributed by atoms with Gasteiger partial charge in [-0.3, -0.25) is 0 Å². The summed E-state index contributed by atoms with van der Waals surface area (Å²) in [7, 11) is 0. The molecule has 0 spiro atoms. The summed E-state index contributed by atoms with van der Waals surface area (Å²) in [6.45, 7) is 4.09. The van der Waals surface area contributed by atoms with E-state index in [0.717, 1.165) is 44.0 Å². The highest BCUT2D eigenvalue weighted by atomic mass is 32.1. The predicted octanol–water partition coefficient (Wildman–Crippen LogP) is 2.67. The summed E-state index contributed by atoms with van der Waals surface area (Å²) in [6.07, 6.45) is 4.81. The number of aliphatic hydroxyl groups is 1. The Morgan fingerprint density at radius 1 is 1.36 bits per heavy atom. The van der Waals surface area contributed by atoms with Gasteiger partial charge in [-0.25, -0.2) is 9.97 Å². The van der Waals surface area contributed by atoms with Crippen LogP contribution in [0, 0.1) is 0 Å². The lowest BCUT2D eigenvalue weighted by molar-refractivity contribution is 0.266. The molecule has 0 unspecified atom stereocenters. The molecule has 0 aromatic carbocycles. The number of nitrogens with one attached hydrogen (secondary N) is 1. The van der Waals surface area contributed by atoms with E-state index >= 15 is 0 Å². The first kappa shape index (κ1) is 15.2. The Morgan fingerprint density at radius 3 is 3.00 bits per heavy atom. The zero-order chi connectivity index (χ0) is 15.4. The van der Waals surface area contributed by atoms with Crippen LogP contribution in [-0.2, 0) is 13.0 Å². The van der Waals surface area contributed by atoms with Crippen LogP contribution in [-0.4, -0.2) is 34.3 Å². The zero-order valence-electron chi connectivity index (χ0n) is 12.8. The molecule has 5 nitrogen and oxygen atoms in total. The number of aliphatic hydroxyl groups excluding tert-OH is 1. The van der Waals surface area contributed by atoms with Crippen molar-refractivity contribution in [3.63, 3.8) is 0 Å². The van der Waals surface area contributed by atoms with Crippen molar-refractivity contribution in [3.8, 4) is 0 Å². The van der Waals surface area contributed by atoms with Crippen LogP contribution < -0.4 is 10.2 Å². The average molecular weight is 318 g/mol. The van der Waals surface area contributed by atoms with Crippen LogP contribution in [0.2, 0.25) is 0 Å². The number of aromatic nitrogens is 2. The smallest absolute Gasteiger partial charge is 0.134 e. The molecule has 0 aliphatic carbocycles. The van der Waals surface area contributed by atoms with Crippen molar-refractivity contribution in [2.24, 2.45) is 0 Å². The van der Waals surface area contributed by atoms with E-state index in [1.807, 2.05) is 17.4 Å². The maximum atomic E-state index is 9.45. The van der Waals surface area contributed by atoms with Gasteiger partial charge in [-0.05, 0) is 31.4 Å². The van der Waals surface area contributed by atoms with Gasteiger partial charge in [0.1, 0.15) is 18.0 Å². The van der Waals surface area contributed by atoms with E-state index in [2.05, 4.69) is 39.2 Å². The molecular formula is C16H22N4OS. The molecule has 2 aromatic heterocycles. The number of hydrogen-bond acceptors (Lipinski definition) is 6. The molecule has 1 fully saturated rings. The molecular weight excluding hydrogens is 296 g/mol. The Hall–Kier alpha value is -1.66. The SMILES string of the molecule is CCc1ccc(CNc2cc(N3CCC[C@H]3CO)ncn2)s1. The van der Waals surface area contributed by atoms with Gasteiger partial charge in [-0.1, -0.05) is 6.92 Å². The van der Waals surface area contributed by atoms with Crippen LogP contribution in [0.15, 0.2) is 24.5 Å². The van der Waals surface area contributed by atoms with E-state index in [-0.39, 0.29) is 12.6 Å². The minimum absolute atomic E-state index is 0.182. The Labute approximate surface area is 135 Å². The van der Waals surface area contributed by atoms with Crippen molar-refractivity contribution in [1.29, 1.82) is 0 Å². The van der Waals surface area contributed by atoms with E-state index in [0.29, 0.717) is 0 Å². The van der Waals surface area contributed by atoms with Gasteiger partial charge in [-0.15, -0.1) is 11.3 Å². The molecule has 0 amide bonds. The lowest BCUT2D eigenvalue weighted by atomic mass is 10.2. The van der Waals surface area contributed by atoms with Crippen molar-refractivity contribution >= 4 is 23.0 Å². The third kappa shape index (κ3) is 3.39. The van der Waals surface area contributed by atoms with Gasteiger partial charge < -0.3 is 15.3 Å². The molecule has 1 aliphatic rings. The maximum Gasteiger partial charge on any atom is 0.134 e. The molecule has 3 heterocycles. The molecule has 3 rings (SSSR count). The van der Waals surface area contributed by atoms with Crippen molar-refractivity contribution in [3.05, 3.63) is 34.3 Å². The second kappa shape index (κ2) is 7.07. The number of thiophene rings is 1. The molecule has 22 heavy (non-hydrogen) atoms. The summed E-state index contributed by atoms with van der Waals surface area (Å²) in [5.74, 6) is 1.73. The third-order valence-corrected chi connectivity index (χ3v) is 5.27. The van der Waals surface area contributed by atoms with E-state index in [9.17, 15) is 5.11 Å². The fraction of sp³-hybridized carbons (Fsp3) is 0.500. The van der Waals surface area contributed by atoms with Gasteiger partial charge in [0.2, 0.25) is 0 Å². The van der Waals surface area contributed by atoms with Crippen LogP contribution >= 0.6 is 11.3 Å². The van der Waals surface area contributed by atoms with E-state index in [1.165, 1.54) is 9.75 Å². The Morgan fingerprint density at radius 2 is 2.23 bits per heavy atom. The fourth-order valence-electron chi connectivity index (χ4n) is 2.81. The van der Waals surface area contributed by atoms with Crippen molar-refractivity contribution < 1.29 is 5.11 Å². The first-order valence-electron chi connectivity index (χ1n) is 7.81. The van der Waals surface area contributed by atoms with Crippen molar-refractivity contribution in [2.45, 2.75) is 38.8 Å². The van der Waals surface area contributed by atoms with Gasteiger partial charge >= 0.3 is 0 Å². The zero-order valence-corrected chi connectivity index (χ0v) is 13.6. The number of aryl methyl sites for hydroxylation is 1. The summed E-state index contributed by atoms with van der Waals surface area (Å²) in [4.78, 5) is 13.5. The van der Waals surface area contributed by atoms with Gasteiger partial charge in [0, 0.05) is 22.4 Å². The van der Waals surface area contributed by atoms with Gasteiger partial charge in [-0.2, -0.15) is 0 Å². The molecule has 1 aliphatic heterocycles. The lowest BCUT2D eigenvalue weighted by Crippen LogP contribution is -2.32. The van der Waals surface area contributed by atoms with E-state index < -0.39 is 0 Å². The van der Waals surface area contributed by atoms with Gasteiger partial charge in [0.15, 0.2) is 0 Å². The highest BCUT2D eigenvalue weighted by Gasteiger charge is 2.25. The topological polar surface area (TPSA) is 61.3 Å². The molecule has 6 heteroatoms. The van der Waals surface area contributed by atoms with Crippen LogP contribution in [0.4, 0.5) is 11.6 Å². The van der Waals surface area contributed by atoms with Crippen molar-refractivity contribution in [2.75, 3.05) is 23.4 Å². The Kier molecular flexibility index (Phi) is 4.90. The highest BCUT2D eigenvalue weighted by molar-refractivity contribution is 7.12. The van der Waals surface area contributed by atoms with E-state index in [1.54, 1.807) is 6.33 Å². The Bertz CT molecular complexity index is 616. The molecule has 1 atom stereocenters. The largest absolute Gasteiger partial charge is 0.394 e. The van der Waals surface area contributed by atoms with Gasteiger partial charge in [0.25, 0.3) is 0 Å². The molecule has 118 valence electrons. The standard InChI is InChI=1S/C16H22N4OS/c1-2-13-5-6-14(22-13)9-17-15-8-16(19-11-18-15)20-7-3-4-12(20)10-21/h5-6,8,11-12,21H,2-4,7,9-10H2,1H3,(H,17,18,19)/t12-/m0/s1. The molecule has 2 N–H and O–H groups in total. The maximum absolute atomic E-state index is 9.45. The van der Waals surface area contributed by atoms with Gasteiger partial charge in [0.05, 0.1) is 19.2 Å². The second-order valence-electron chi connectivity index (χ2n) is 5.51. The normalized spacial score (nSPS) is 17.9. The summed E-state index contributed by atoms with van der Waals surface area (Å²) >= 11 is 1.84. The Balaban J connectivity index is 1.66. The predicted molar refractivity (Wildman–Crippen MR) is 90.5 cm³/mol. The highest BCUT2D eigenvalue weighted by Crippen LogP contribution is 2.25. The lowest BCUT2D eigenvalue weighted by Gasteiger charge is -2.24. The molecule has 0 bridgehead atoms. The minimum Gasteiger partial charge on any atom is -0.394 e. The molecule has 1 saturated heterocycles. The average Bonchev–Trinajstić information content (AvgIpc) is 3.22. The first-order valence-corrected chi connectivity index (χ1v) is 8.62. The summed E-state index contributed by atoms with van der Waals surface area (Å²) in [5, 5.41) is 12.8. The molecule has 0 saturated carbocycles. The van der Waals surface area contributed by atoms with Crippen LogP contribution in [0.25, 0.3) is 0 Å². The minimum atomic E-state index is 0.182. The number of anilines is 2. The molecule has 2 aromatic rings. The van der Waals surface area contributed by atoms with E-state index in [4.69, 9.17) is 0 Å². The second-order valence-corrected chi connectivity index (χ2v) is 6.76. The summed E-state index contributed by atoms with van der Waals surface area (Å²) in [5.41, 5.74) is 0. The summed E-state index contributed by atoms with van der Waals surface area (Å²) in [6, 6.07) is 6.51. The first-order chi connectivity index (χ1) is 10.8.